The molecule has 0 spiro atoms. The SMILES string of the molecule is N[C@H](Cc1c[nH]c2cccc(F)c12)C(=O)O. The van der Waals surface area contributed by atoms with Gasteiger partial charge in [-0.05, 0) is 17.7 Å². The van der Waals surface area contributed by atoms with Crippen LogP contribution in [0.4, 0.5) is 4.39 Å². The standard InChI is InChI=1S/C11H11FN2O2/c12-7-2-1-3-9-10(7)6(5-14-9)4-8(13)11(15)16/h1-3,5,8,14H,4,13H2,(H,15,16)/t8-/m1/s1. The number of benzene rings is 1. The predicted molar refractivity (Wildman–Crippen MR) is 57.6 cm³/mol. The van der Waals surface area contributed by atoms with Gasteiger partial charge in [-0.25, -0.2) is 4.39 Å². The summed E-state index contributed by atoms with van der Waals surface area (Å²) in [6.45, 7) is 0. The number of aliphatic carboxylic acids is 1. The quantitative estimate of drug-likeness (QED) is 0.731. The molecule has 0 fully saturated rings. The Morgan fingerprint density at radius 3 is 3.00 bits per heavy atom. The van der Waals surface area contributed by atoms with Crippen molar-refractivity contribution in [2.75, 3.05) is 0 Å². The van der Waals surface area contributed by atoms with E-state index in [0.29, 0.717) is 16.5 Å². The summed E-state index contributed by atoms with van der Waals surface area (Å²) in [5, 5.41) is 9.11. The van der Waals surface area contributed by atoms with Gasteiger partial charge in [-0.15, -0.1) is 0 Å². The van der Waals surface area contributed by atoms with Crippen molar-refractivity contribution < 1.29 is 14.3 Å². The van der Waals surface area contributed by atoms with E-state index in [1.54, 1.807) is 18.3 Å². The lowest BCUT2D eigenvalue weighted by Crippen LogP contribution is -2.32. The van der Waals surface area contributed by atoms with Crippen LogP contribution in [-0.2, 0) is 11.2 Å². The van der Waals surface area contributed by atoms with Crippen LogP contribution in [0.25, 0.3) is 10.9 Å². The number of H-pyrrole nitrogens is 1. The van der Waals surface area contributed by atoms with Crippen LogP contribution in [-0.4, -0.2) is 22.1 Å². The van der Waals surface area contributed by atoms with Gasteiger partial charge in [0.25, 0.3) is 0 Å². The fourth-order valence-electron chi connectivity index (χ4n) is 1.69. The number of nitrogens with two attached hydrogens (primary N) is 1. The number of carboxylic acid groups (broad SMARTS) is 1. The molecule has 1 atom stereocenters. The van der Waals surface area contributed by atoms with Gasteiger partial charge in [0.15, 0.2) is 0 Å². The van der Waals surface area contributed by atoms with E-state index in [4.69, 9.17) is 10.8 Å². The van der Waals surface area contributed by atoms with Crippen molar-refractivity contribution in [3.63, 3.8) is 0 Å². The second-order valence-electron chi connectivity index (χ2n) is 3.63. The van der Waals surface area contributed by atoms with E-state index < -0.39 is 12.0 Å². The smallest absolute Gasteiger partial charge is 0.320 e. The Labute approximate surface area is 90.9 Å². The molecule has 0 unspecified atom stereocenters. The first kappa shape index (κ1) is 10.6. The lowest BCUT2D eigenvalue weighted by atomic mass is 10.1. The van der Waals surface area contributed by atoms with Gasteiger partial charge in [0.05, 0.1) is 0 Å². The van der Waals surface area contributed by atoms with E-state index in [0.717, 1.165) is 0 Å². The third-order valence-electron chi connectivity index (χ3n) is 2.49. The number of halogens is 1. The van der Waals surface area contributed by atoms with Crippen LogP contribution >= 0.6 is 0 Å². The number of aromatic amines is 1. The lowest BCUT2D eigenvalue weighted by molar-refractivity contribution is -0.138. The molecule has 4 N–H and O–H groups in total. The first-order valence-electron chi connectivity index (χ1n) is 4.82. The third-order valence-corrected chi connectivity index (χ3v) is 2.49. The largest absolute Gasteiger partial charge is 0.480 e. The van der Waals surface area contributed by atoms with Crippen molar-refractivity contribution in [1.29, 1.82) is 0 Å². The molecule has 0 radical (unpaired) electrons. The van der Waals surface area contributed by atoms with Crippen LogP contribution in [0.5, 0.6) is 0 Å². The topological polar surface area (TPSA) is 79.1 Å². The summed E-state index contributed by atoms with van der Waals surface area (Å²) in [7, 11) is 0. The summed E-state index contributed by atoms with van der Waals surface area (Å²) in [4.78, 5) is 13.5. The first-order valence-corrected chi connectivity index (χ1v) is 4.82. The van der Waals surface area contributed by atoms with Gasteiger partial charge >= 0.3 is 5.97 Å². The first-order chi connectivity index (χ1) is 7.59. The molecule has 0 saturated carbocycles. The number of fused-ring (bicyclic) bond motifs is 1. The summed E-state index contributed by atoms with van der Waals surface area (Å²) >= 11 is 0. The molecule has 0 aliphatic rings. The molecule has 5 heteroatoms. The van der Waals surface area contributed by atoms with Crippen LogP contribution in [0, 0.1) is 5.82 Å². The molecule has 0 amide bonds. The number of nitrogens with one attached hydrogen (secondary N) is 1. The highest BCUT2D eigenvalue weighted by Crippen LogP contribution is 2.22. The van der Waals surface area contributed by atoms with Crippen molar-refractivity contribution in [3.05, 3.63) is 35.8 Å². The van der Waals surface area contributed by atoms with Crippen LogP contribution in [0.1, 0.15) is 5.56 Å². The summed E-state index contributed by atoms with van der Waals surface area (Å²) < 4.78 is 13.5. The zero-order chi connectivity index (χ0) is 11.7. The van der Waals surface area contributed by atoms with Gasteiger partial charge in [0.1, 0.15) is 11.9 Å². The number of aromatic nitrogens is 1. The Kier molecular flexibility index (Phi) is 2.62. The van der Waals surface area contributed by atoms with E-state index in [1.165, 1.54) is 6.07 Å². The highest BCUT2D eigenvalue weighted by molar-refractivity contribution is 5.84. The maximum atomic E-state index is 13.5. The maximum Gasteiger partial charge on any atom is 0.320 e. The van der Waals surface area contributed by atoms with Crippen molar-refractivity contribution in [3.8, 4) is 0 Å². The molecule has 84 valence electrons. The fraction of sp³-hybridized carbons (Fsp3) is 0.182. The van der Waals surface area contributed by atoms with E-state index in [-0.39, 0.29) is 12.2 Å². The molecule has 1 aromatic heterocycles. The summed E-state index contributed by atoms with van der Waals surface area (Å²) in [6, 6.07) is 3.65. The van der Waals surface area contributed by atoms with E-state index in [9.17, 15) is 9.18 Å². The molecule has 1 aromatic carbocycles. The second kappa shape index (κ2) is 3.94. The second-order valence-corrected chi connectivity index (χ2v) is 3.63. The molecular weight excluding hydrogens is 211 g/mol. The minimum absolute atomic E-state index is 0.107. The Balaban J connectivity index is 2.42. The molecule has 2 rings (SSSR count). The van der Waals surface area contributed by atoms with Gasteiger partial charge in [-0.2, -0.15) is 0 Å². The van der Waals surface area contributed by atoms with E-state index in [1.807, 2.05) is 0 Å². The Morgan fingerprint density at radius 2 is 2.31 bits per heavy atom. The van der Waals surface area contributed by atoms with Crippen LogP contribution in [0.15, 0.2) is 24.4 Å². The Morgan fingerprint density at radius 1 is 1.56 bits per heavy atom. The lowest BCUT2D eigenvalue weighted by Gasteiger charge is -2.05. The van der Waals surface area contributed by atoms with Crippen LogP contribution < -0.4 is 5.73 Å². The van der Waals surface area contributed by atoms with E-state index >= 15 is 0 Å². The van der Waals surface area contributed by atoms with E-state index in [2.05, 4.69) is 4.98 Å². The van der Waals surface area contributed by atoms with Gasteiger partial charge < -0.3 is 15.8 Å². The highest BCUT2D eigenvalue weighted by atomic mass is 19.1. The zero-order valence-corrected chi connectivity index (χ0v) is 8.40. The molecular formula is C11H11FN2O2. The van der Waals surface area contributed by atoms with Crippen LogP contribution in [0.2, 0.25) is 0 Å². The molecule has 0 saturated heterocycles. The summed E-state index contributed by atoms with van der Waals surface area (Å²) in [6.07, 6.45) is 1.70. The molecule has 0 aliphatic carbocycles. The molecule has 2 aromatic rings. The zero-order valence-electron chi connectivity index (χ0n) is 8.40. The van der Waals surface area contributed by atoms with Crippen molar-refractivity contribution in [2.24, 2.45) is 5.73 Å². The van der Waals surface area contributed by atoms with Crippen LogP contribution in [0.3, 0.4) is 0 Å². The number of hydrogen-bond acceptors (Lipinski definition) is 2. The number of rotatable bonds is 3. The number of carbonyl (C=O) groups is 1. The minimum atomic E-state index is -1.09. The molecule has 0 bridgehead atoms. The maximum absolute atomic E-state index is 13.5. The van der Waals surface area contributed by atoms with Gasteiger partial charge in [-0.1, -0.05) is 6.07 Å². The van der Waals surface area contributed by atoms with Crippen molar-refractivity contribution in [1.82, 2.24) is 4.98 Å². The molecule has 1 heterocycles. The predicted octanol–water partition coefficient (Wildman–Crippen LogP) is 1.26. The Hall–Kier alpha value is -1.88. The molecule has 4 nitrogen and oxygen atoms in total. The normalized spacial score (nSPS) is 12.9. The minimum Gasteiger partial charge on any atom is -0.480 e. The summed E-state index contributed by atoms with van der Waals surface area (Å²) in [5.74, 6) is -1.46. The average molecular weight is 222 g/mol. The monoisotopic (exact) mass is 222 g/mol. The molecule has 0 aliphatic heterocycles. The summed E-state index contributed by atoms with van der Waals surface area (Å²) in [5.41, 5.74) is 6.64. The number of hydrogen-bond donors (Lipinski definition) is 3. The highest BCUT2D eigenvalue weighted by Gasteiger charge is 2.16. The number of carboxylic acids is 1. The van der Waals surface area contributed by atoms with Gasteiger partial charge in [0, 0.05) is 23.5 Å². The van der Waals surface area contributed by atoms with Crippen molar-refractivity contribution >= 4 is 16.9 Å². The fourth-order valence-corrected chi connectivity index (χ4v) is 1.69. The Bertz CT molecular complexity index is 536. The third kappa shape index (κ3) is 1.77. The average Bonchev–Trinajstić information content (AvgIpc) is 2.63. The van der Waals surface area contributed by atoms with Gasteiger partial charge in [0.2, 0.25) is 0 Å². The van der Waals surface area contributed by atoms with Gasteiger partial charge in [-0.3, -0.25) is 4.79 Å². The molecule has 16 heavy (non-hydrogen) atoms. The van der Waals surface area contributed by atoms with Crippen molar-refractivity contribution in [2.45, 2.75) is 12.5 Å².